The van der Waals surface area contributed by atoms with E-state index in [1.54, 1.807) is 67.8 Å². The van der Waals surface area contributed by atoms with Crippen molar-refractivity contribution in [3.05, 3.63) is 79.0 Å². The van der Waals surface area contributed by atoms with Crippen LogP contribution >= 0.6 is 11.3 Å². The van der Waals surface area contributed by atoms with Crippen LogP contribution in [0, 0.1) is 0 Å². The van der Waals surface area contributed by atoms with Crippen molar-refractivity contribution in [1.29, 1.82) is 0 Å². The molecule has 6 heteroatoms. The maximum atomic E-state index is 11.5. The van der Waals surface area contributed by atoms with Crippen molar-refractivity contribution in [3.8, 4) is 32.5 Å². The summed E-state index contributed by atoms with van der Waals surface area (Å²) < 4.78 is 10.4. The number of carbonyl (C=O) groups excluding carboxylic acids is 2. The average Bonchev–Trinajstić information content (AvgIpc) is 3.20. The Balaban J connectivity index is 1.70. The number of hydrogen-bond donors (Lipinski definition) is 0. The number of hydrogen-bond acceptors (Lipinski definition) is 6. The molecule has 0 aliphatic carbocycles. The molecule has 0 amide bonds. The van der Waals surface area contributed by atoms with Gasteiger partial charge in [0.05, 0.1) is 4.88 Å². The predicted molar refractivity (Wildman–Crippen MR) is 114 cm³/mol. The van der Waals surface area contributed by atoms with Gasteiger partial charge in [-0.25, -0.2) is 14.6 Å². The van der Waals surface area contributed by atoms with Crippen LogP contribution in [0.4, 0.5) is 0 Å². The molecular formula is C23H19NO4S. The highest BCUT2D eigenvalue weighted by Crippen LogP contribution is 2.33. The first-order chi connectivity index (χ1) is 14.1. The highest BCUT2D eigenvalue weighted by molar-refractivity contribution is 7.18. The Labute approximate surface area is 172 Å². The van der Waals surface area contributed by atoms with E-state index in [9.17, 15) is 9.59 Å². The predicted octanol–water partition coefficient (Wildman–Crippen LogP) is 5.44. The summed E-state index contributed by atoms with van der Waals surface area (Å²) >= 11 is 1.55. The molecule has 0 fully saturated rings. The van der Waals surface area contributed by atoms with Gasteiger partial charge in [-0.15, -0.1) is 11.3 Å². The molecule has 0 aliphatic heterocycles. The Kier molecular flexibility index (Phi) is 6.71. The van der Waals surface area contributed by atoms with Gasteiger partial charge < -0.3 is 9.47 Å². The van der Waals surface area contributed by atoms with E-state index in [1.807, 2.05) is 24.3 Å². The maximum absolute atomic E-state index is 11.5. The molecule has 0 saturated carbocycles. The fourth-order valence-corrected chi connectivity index (χ4v) is 3.39. The van der Waals surface area contributed by atoms with Gasteiger partial charge in [0.2, 0.25) is 0 Å². The average molecular weight is 405 g/mol. The highest BCUT2D eigenvalue weighted by atomic mass is 32.1. The molecule has 0 atom stereocenters. The second-order valence-electron chi connectivity index (χ2n) is 5.92. The molecule has 0 N–H and O–H groups in total. The minimum atomic E-state index is -0.406. The normalized spacial score (nSPS) is 11.1. The van der Waals surface area contributed by atoms with Crippen LogP contribution in [0.15, 0.2) is 79.0 Å². The number of rotatable bonds is 6. The van der Waals surface area contributed by atoms with Crippen molar-refractivity contribution < 1.29 is 19.1 Å². The lowest BCUT2D eigenvalue weighted by molar-refractivity contribution is -0.129. The van der Waals surface area contributed by atoms with Crippen LogP contribution in [0.3, 0.4) is 0 Å². The Morgan fingerprint density at radius 1 is 0.793 bits per heavy atom. The number of thiazole rings is 1. The van der Waals surface area contributed by atoms with E-state index in [1.165, 1.54) is 12.2 Å². The minimum Gasteiger partial charge on any atom is -0.423 e. The topological polar surface area (TPSA) is 65.5 Å². The fraction of sp³-hybridized carbons (Fsp3) is 0.0870. The summed E-state index contributed by atoms with van der Waals surface area (Å²) in [5.74, 6) is 0.165. The first kappa shape index (κ1) is 20.2. The molecule has 0 spiro atoms. The van der Waals surface area contributed by atoms with E-state index in [4.69, 9.17) is 9.47 Å². The van der Waals surface area contributed by atoms with Gasteiger partial charge in [-0.1, -0.05) is 12.2 Å². The summed E-state index contributed by atoms with van der Waals surface area (Å²) in [6.45, 7) is 3.52. The number of esters is 2. The molecule has 0 radical (unpaired) electrons. The Morgan fingerprint density at radius 3 is 1.76 bits per heavy atom. The third-order valence-electron chi connectivity index (χ3n) is 3.79. The van der Waals surface area contributed by atoms with E-state index in [0.29, 0.717) is 11.5 Å². The standard InChI is InChI=1S/C23H19NO4S/c1-3-5-21(25)27-18-11-7-16(8-12-18)20-15-24-23(29-20)17-9-13-19(14-10-17)28-22(26)6-4-2/h3-15H,1-2H3/b5-3+,6-4+. The molecule has 0 bridgehead atoms. The quantitative estimate of drug-likeness (QED) is 0.310. The lowest BCUT2D eigenvalue weighted by atomic mass is 10.2. The molecule has 1 heterocycles. The number of ether oxygens (including phenoxy) is 2. The molecule has 146 valence electrons. The molecule has 1 aromatic heterocycles. The van der Waals surface area contributed by atoms with Gasteiger partial charge >= 0.3 is 11.9 Å². The van der Waals surface area contributed by atoms with Crippen molar-refractivity contribution in [2.45, 2.75) is 13.8 Å². The van der Waals surface area contributed by atoms with Crippen LogP contribution in [0.2, 0.25) is 0 Å². The second-order valence-corrected chi connectivity index (χ2v) is 6.95. The first-order valence-corrected chi connectivity index (χ1v) is 9.76. The van der Waals surface area contributed by atoms with Crippen LogP contribution in [0.25, 0.3) is 21.0 Å². The SMILES string of the molecule is C/C=C/C(=O)Oc1ccc(-c2cnc(-c3ccc(OC(=O)/C=C/C)cc3)s2)cc1. The zero-order chi connectivity index (χ0) is 20.6. The van der Waals surface area contributed by atoms with Gasteiger partial charge in [-0.3, -0.25) is 0 Å². The van der Waals surface area contributed by atoms with Crippen molar-refractivity contribution in [2.75, 3.05) is 0 Å². The zero-order valence-corrected chi connectivity index (χ0v) is 16.8. The van der Waals surface area contributed by atoms with Gasteiger partial charge in [0.15, 0.2) is 0 Å². The number of benzene rings is 2. The van der Waals surface area contributed by atoms with Gasteiger partial charge in [0.1, 0.15) is 16.5 Å². The van der Waals surface area contributed by atoms with Gasteiger partial charge in [-0.05, 0) is 67.9 Å². The lowest BCUT2D eigenvalue weighted by Gasteiger charge is -2.03. The van der Waals surface area contributed by atoms with Crippen molar-refractivity contribution in [1.82, 2.24) is 4.98 Å². The molecule has 3 aromatic rings. The van der Waals surface area contributed by atoms with Crippen molar-refractivity contribution in [3.63, 3.8) is 0 Å². The molecule has 5 nitrogen and oxygen atoms in total. The van der Waals surface area contributed by atoms with E-state index in [0.717, 1.165) is 21.0 Å². The monoisotopic (exact) mass is 405 g/mol. The van der Waals surface area contributed by atoms with Gasteiger partial charge in [-0.2, -0.15) is 0 Å². The fourth-order valence-electron chi connectivity index (χ4n) is 2.47. The summed E-state index contributed by atoms with van der Waals surface area (Å²) in [5, 5.41) is 0.856. The Morgan fingerprint density at radius 2 is 1.28 bits per heavy atom. The van der Waals surface area contributed by atoms with E-state index < -0.39 is 11.9 Å². The minimum absolute atomic E-state index is 0.403. The van der Waals surface area contributed by atoms with Crippen LogP contribution in [-0.2, 0) is 9.59 Å². The van der Waals surface area contributed by atoms with Crippen molar-refractivity contribution in [2.24, 2.45) is 0 Å². The first-order valence-electron chi connectivity index (χ1n) is 8.94. The third-order valence-corrected chi connectivity index (χ3v) is 4.88. The molecular weight excluding hydrogens is 386 g/mol. The second kappa shape index (κ2) is 9.61. The molecule has 0 aliphatic rings. The zero-order valence-electron chi connectivity index (χ0n) is 16.0. The summed E-state index contributed by atoms with van der Waals surface area (Å²) in [4.78, 5) is 28.5. The number of carbonyl (C=O) groups is 2. The van der Waals surface area contributed by atoms with Crippen LogP contribution in [0.5, 0.6) is 11.5 Å². The number of allylic oxidation sites excluding steroid dienone is 2. The molecule has 2 aromatic carbocycles. The van der Waals surface area contributed by atoms with Crippen LogP contribution < -0.4 is 9.47 Å². The Hall–Kier alpha value is -3.51. The van der Waals surface area contributed by atoms with E-state index in [-0.39, 0.29) is 0 Å². The third kappa shape index (κ3) is 5.49. The lowest BCUT2D eigenvalue weighted by Crippen LogP contribution is -2.03. The Bertz CT molecular complexity index is 963. The summed E-state index contributed by atoms with van der Waals surface area (Å²) in [5.41, 5.74) is 1.92. The molecule has 3 rings (SSSR count). The largest absolute Gasteiger partial charge is 0.423 e. The molecule has 0 saturated heterocycles. The van der Waals surface area contributed by atoms with E-state index >= 15 is 0 Å². The number of nitrogens with zero attached hydrogens (tertiary/aromatic N) is 1. The molecule has 0 unspecified atom stereocenters. The van der Waals surface area contributed by atoms with Crippen LogP contribution in [-0.4, -0.2) is 16.9 Å². The van der Waals surface area contributed by atoms with Gasteiger partial charge in [0.25, 0.3) is 0 Å². The summed E-state index contributed by atoms with van der Waals surface area (Å²) in [6.07, 6.45) is 7.81. The summed E-state index contributed by atoms with van der Waals surface area (Å²) in [6, 6.07) is 14.5. The highest BCUT2D eigenvalue weighted by Gasteiger charge is 2.09. The summed E-state index contributed by atoms with van der Waals surface area (Å²) in [7, 11) is 0. The van der Waals surface area contributed by atoms with Crippen molar-refractivity contribution >= 4 is 23.3 Å². The molecule has 29 heavy (non-hydrogen) atoms. The number of aromatic nitrogens is 1. The van der Waals surface area contributed by atoms with Crippen LogP contribution in [0.1, 0.15) is 13.8 Å². The van der Waals surface area contributed by atoms with E-state index in [2.05, 4.69) is 4.98 Å². The van der Waals surface area contributed by atoms with Gasteiger partial charge in [0, 0.05) is 23.9 Å². The maximum Gasteiger partial charge on any atom is 0.335 e. The smallest absolute Gasteiger partial charge is 0.335 e.